The van der Waals surface area contributed by atoms with Gasteiger partial charge >= 0.3 is 24.7 Å². The number of fused-ring (bicyclic) bond motifs is 1. The zero-order valence-corrected chi connectivity index (χ0v) is 21.8. The monoisotopic (exact) mass is 614 g/mol. The van der Waals surface area contributed by atoms with Crippen molar-refractivity contribution in [1.29, 1.82) is 0 Å². The summed E-state index contributed by atoms with van der Waals surface area (Å²) in [5.74, 6) is -4.13. The van der Waals surface area contributed by atoms with E-state index in [9.17, 15) is 39.5 Å². The molecule has 2 aliphatic rings. The highest BCUT2D eigenvalue weighted by atomic mass is 19.4. The Kier molecular flexibility index (Phi) is 7.14. The average molecular weight is 614 g/mol. The zero-order valence-electron chi connectivity index (χ0n) is 21.8. The quantitative estimate of drug-likeness (QED) is 0.310. The molecule has 2 aromatic rings. The molecule has 15 heteroatoms. The summed E-state index contributed by atoms with van der Waals surface area (Å²) in [6.45, 7) is 5.37. The number of allylic oxidation sites excluding steroid dienone is 3. The summed E-state index contributed by atoms with van der Waals surface area (Å²) in [4.78, 5) is 7.56. The maximum Gasteiger partial charge on any atom is 0.420 e. The Balaban J connectivity index is 2.33. The highest BCUT2D eigenvalue weighted by Gasteiger charge is 2.80. The first-order valence-electron chi connectivity index (χ1n) is 11.8. The molecule has 0 aromatic heterocycles. The normalized spacial score (nSPS) is 22.0. The molecule has 1 atom stereocenters. The lowest BCUT2D eigenvalue weighted by Gasteiger charge is -2.32. The van der Waals surface area contributed by atoms with Crippen molar-refractivity contribution in [2.45, 2.75) is 52.4 Å². The molecule has 0 N–H and O–H groups in total. The van der Waals surface area contributed by atoms with Gasteiger partial charge in [-0.25, -0.2) is 9.98 Å². The molecular weight excluding hydrogens is 596 g/mol. The van der Waals surface area contributed by atoms with E-state index < -0.39 is 69.9 Å². The molecule has 1 aliphatic carbocycles. The fourth-order valence-electron chi connectivity index (χ4n) is 5.08. The van der Waals surface area contributed by atoms with E-state index in [0.717, 1.165) is 0 Å². The Morgan fingerprint density at radius 1 is 0.571 bits per heavy atom. The molecule has 2 aromatic carbocycles. The van der Waals surface area contributed by atoms with Crippen molar-refractivity contribution in [3.63, 3.8) is 0 Å². The summed E-state index contributed by atoms with van der Waals surface area (Å²) in [6.07, 6.45) is -26.0. The van der Waals surface area contributed by atoms with Crippen LogP contribution in [0.4, 0.5) is 64.1 Å². The van der Waals surface area contributed by atoms with Crippen molar-refractivity contribution in [1.82, 2.24) is 0 Å². The molecule has 1 fully saturated rings. The SMILES string of the molecule is Cc1cccc(C)c1N=C1OC2=C(C(F)(F)F)C(C(F)(F)F)=C(C(F)(F)F)C2(C(F)(F)F)C1=Nc1c(C)cccc1C. The topological polar surface area (TPSA) is 34.0 Å². The van der Waals surface area contributed by atoms with Crippen LogP contribution in [-0.2, 0) is 4.74 Å². The van der Waals surface area contributed by atoms with Crippen LogP contribution >= 0.6 is 0 Å². The first-order chi connectivity index (χ1) is 19.0. The Labute approximate surface area is 229 Å². The number of hydrogen-bond donors (Lipinski definition) is 0. The molecule has 0 bridgehead atoms. The predicted octanol–water partition coefficient (Wildman–Crippen LogP) is 9.55. The van der Waals surface area contributed by atoms with Gasteiger partial charge in [-0.1, -0.05) is 36.4 Å². The molecule has 3 nitrogen and oxygen atoms in total. The second kappa shape index (κ2) is 9.63. The van der Waals surface area contributed by atoms with Gasteiger partial charge in [0.1, 0.15) is 17.0 Å². The van der Waals surface area contributed by atoms with E-state index in [2.05, 4.69) is 9.98 Å². The van der Waals surface area contributed by atoms with Gasteiger partial charge in [-0.2, -0.15) is 52.7 Å². The van der Waals surface area contributed by atoms with Gasteiger partial charge < -0.3 is 4.74 Å². The van der Waals surface area contributed by atoms with Crippen molar-refractivity contribution in [3.8, 4) is 0 Å². The first kappa shape index (κ1) is 31.2. The van der Waals surface area contributed by atoms with Crippen LogP contribution in [0.15, 0.2) is 68.9 Å². The molecule has 226 valence electrons. The number of aryl methyl sites for hydroxylation is 4. The third-order valence-corrected chi connectivity index (χ3v) is 6.79. The first-order valence-corrected chi connectivity index (χ1v) is 11.8. The largest absolute Gasteiger partial charge is 0.439 e. The number of alkyl halides is 12. The molecule has 1 unspecified atom stereocenters. The molecule has 1 aliphatic heterocycles. The van der Waals surface area contributed by atoms with Gasteiger partial charge in [0.2, 0.25) is 11.3 Å². The van der Waals surface area contributed by atoms with E-state index in [1.165, 1.54) is 64.1 Å². The summed E-state index contributed by atoms with van der Waals surface area (Å²) >= 11 is 0. The molecule has 1 saturated heterocycles. The standard InChI is InChI=1S/C27H18F12N2O/c1-11-7-5-8-12(2)17(11)40-20-22(41-18-13(3)9-6-10-14(18)4)42-21-16(25(31,32)33)15(24(28,29)30)19(26(34,35)36)23(20,21)27(37,38)39/h5-10H,1-4H3. The van der Waals surface area contributed by atoms with Crippen LogP contribution in [0.5, 0.6) is 0 Å². The molecule has 1 heterocycles. The zero-order chi connectivity index (χ0) is 31.8. The number of rotatable bonds is 2. The van der Waals surface area contributed by atoms with Gasteiger partial charge in [0.25, 0.3) is 0 Å². The third kappa shape index (κ3) is 4.75. The maximum absolute atomic E-state index is 15.1. The Hall–Kier alpha value is -3.78. The molecular formula is C27H18F12N2O. The third-order valence-electron chi connectivity index (χ3n) is 6.79. The van der Waals surface area contributed by atoms with Crippen molar-refractivity contribution in [2.24, 2.45) is 15.4 Å². The number of para-hydroxylation sites is 2. The Bertz CT molecular complexity index is 1540. The average Bonchev–Trinajstić information content (AvgIpc) is 3.29. The van der Waals surface area contributed by atoms with Crippen LogP contribution in [0.1, 0.15) is 22.3 Å². The van der Waals surface area contributed by atoms with Crippen LogP contribution in [-0.4, -0.2) is 36.3 Å². The van der Waals surface area contributed by atoms with E-state index in [1.807, 2.05) is 0 Å². The van der Waals surface area contributed by atoms with E-state index in [1.54, 1.807) is 0 Å². The second-order valence-corrected chi connectivity index (χ2v) is 9.66. The number of halogens is 12. The summed E-state index contributed by atoms with van der Waals surface area (Å²) < 4.78 is 178. The van der Waals surface area contributed by atoms with E-state index in [4.69, 9.17) is 4.74 Å². The Morgan fingerprint density at radius 2 is 0.976 bits per heavy atom. The summed E-state index contributed by atoms with van der Waals surface area (Å²) in [7, 11) is 0. The second-order valence-electron chi connectivity index (χ2n) is 9.66. The highest BCUT2D eigenvalue weighted by molar-refractivity contribution is 6.46. The van der Waals surface area contributed by atoms with Crippen molar-refractivity contribution < 1.29 is 57.4 Å². The van der Waals surface area contributed by atoms with Crippen LogP contribution in [0.2, 0.25) is 0 Å². The van der Waals surface area contributed by atoms with Gasteiger partial charge in [-0.05, 0) is 49.9 Å². The van der Waals surface area contributed by atoms with Gasteiger partial charge in [0.15, 0.2) is 0 Å². The lowest BCUT2D eigenvalue weighted by Crippen LogP contribution is -2.49. The van der Waals surface area contributed by atoms with Crippen LogP contribution in [0.3, 0.4) is 0 Å². The summed E-state index contributed by atoms with van der Waals surface area (Å²) in [5, 5.41) is 0. The van der Waals surface area contributed by atoms with Crippen LogP contribution in [0.25, 0.3) is 0 Å². The fourth-order valence-corrected chi connectivity index (χ4v) is 5.08. The fraction of sp³-hybridized carbons (Fsp3) is 0.333. The number of aliphatic imine (C=N–C) groups is 2. The minimum absolute atomic E-state index is 0.0614. The van der Waals surface area contributed by atoms with Crippen LogP contribution < -0.4 is 0 Å². The van der Waals surface area contributed by atoms with Gasteiger partial charge in [-0.15, -0.1) is 0 Å². The van der Waals surface area contributed by atoms with E-state index in [0.29, 0.717) is 0 Å². The van der Waals surface area contributed by atoms with Crippen molar-refractivity contribution in [3.05, 3.63) is 81.1 Å². The number of nitrogens with zero attached hydrogens (tertiary/aromatic N) is 2. The number of hydrogen-bond acceptors (Lipinski definition) is 3. The van der Waals surface area contributed by atoms with Crippen LogP contribution in [0, 0.1) is 33.1 Å². The molecule has 4 rings (SSSR count). The smallest absolute Gasteiger partial charge is 0.420 e. The maximum atomic E-state index is 15.1. The van der Waals surface area contributed by atoms with Gasteiger partial charge in [0.05, 0.1) is 22.5 Å². The summed E-state index contributed by atoms with van der Waals surface area (Å²) in [6, 6.07) is 8.28. The number of benzene rings is 2. The predicted molar refractivity (Wildman–Crippen MR) is 128 cm³/mol. The van der Waals surface area contributed by atoms with E-state index in [-0.39, 0.29) is 27.9 Å². The van der Waals surface area contributed by atoms with Gasteiger partial charge in [0, 0.05) is 0 Å². The molecule has 42 heavy (non-hydrogen) atoms. The lowest BCUT2D eigenvalue weighted by atomic mass is 9.75. The van der Waals surface area contributed by atoms with E-state index >= 15 is 13.2 Å². The molecule has 0 spiro atoms. The Morgan fingerprint density at radius 3 is 1.33 bits per heavy atom. The molecule has 0 saturated carbocycles. The minimum Gasteiger partial charge on any atom is -0.439 e. The lowest BCUT2D eigenvalue weighted by molar-refractivity contribution is -0.199. The minimum atomic E-state index is -6.60. The highest BCUT2D eigenvalue weighted by Crippen LogP contribution is 2.68. The number of ether oxygens (including phenoxy) is 1. The van der Waals surface area contributed by atoms with Crippen molar-refractivity contribution in [2.75, 3.05) is 0 Å². The molecule has 0 amide bonds. The molecule has 0 radical (unpaired) electrons. The van der Waals surface area contributed by atoms with Gasteiger partial charge in [-0.3, -0.25) is 0 Å². The summed E-state index contributed by atoms with van der Waals surface area (Å²) in [5.41, 5.74) is -17.5. The van der Waals surface area contributed by atoms with Crippen molar-refractivity contribution >= 4 is 23.0 Å².